The van der Waals surface area contributed by atoms with Crippen LogP contribution in [0.5, 0.6) is 0 Å². The van der Waals surface area contributed by atoms with Crippen LogP contribution in [0.4, 0.5) is 0 Å². The van der Waals surface area contributed by atoms with Gasteiger partial charge in [0, 0.05) is 6.42 Å². The van der Waals surface area contributed by atoms with Crippen LogP contribution in [-0.4, -0.2) is 13.6 Å². The zero-order chi connectivity index (χ0) is 6.83. The van der Waals surface area contributed by atoms with E-state index in [9.17, 15) is 0 Å². The van der Waals surface area contributed by atoms with Crippen molar-refractivity contribution in [3.05, 3.63) is 0 Å². The highest BCUT2D eigenvalue weighted by molar-refractivity contribution is 4.61. The molecule has 1 N–H and O–H groups in total. The highest BCUT2D eigenvalue weighted by atomic mass is 14.8. The Balaban J connectivity index is -0.0000000720. The van der Waals surface area contributed by atoms with Gasteiger partial charge in [-0.15, -0.1) is 0 Å². The average molecular weight is 130 g/mol. The van der Waals surface area contributed by atoms with E-state index in [4.69, 9.17) is 5.26 Å². The molecule has 0 unspecified atom stereocenters. The van der Waals surface area contributed by atoms with Crippen molar-refractivity contribution in [1.29, 1.82) is 5.26 Å². The summed E-state index contributed by atoms with van der Waals surface area (Å²) in [6, 6.07) is 1.93. The van der Waals surface area contributed by atoms with Gasteiger partial charge in [-0.2, -0.15) is 5.26 Å². The van der Waals surface area contributed by atoms with Gasteiger partial charge in [-0.05, 0) is 13.6 Å². The van der Waals surface area contributed by atoms with Crippen molar-refractivity contribution in [2.24, 2.45) is 0 Å². The molecule has 9 heavy (non-hydrogen) atoms. The minimum absolute atomic E-state index is 0. The first kappa shape index (κ1) is 15.8. The first-order chi connectivity index (χ1) is 3.83. The summed E-state index contributed by atoms with van der Waals surface area (Å²) in [6.07, 6.45) is 0.625. The fourth-order valence-corrected chi connectivity index (χ4v) is 0. The third-order valence-electron chi connectivity index (χ3n) is 0.512. The monoisotopic (exact) mass is 130 g/mol. The highest BCUT2D eigenvalue weighted by Crippen LogP contribution is 1.58. The molecule has 0 atom stereocenters. The lowest BCUT2D eigenvalue weighted by molar-refractivity contribution is 0.864. The Bertz CT molecular complexity index is 52.4. The third-order valence-corrected chi connectivity index (χ3v) is 0.512. The van der Waals surface area contributed by atoms with Gasteiger partial charge in [0.25, 0.3) is 0 Å². The Kier molecular flexibility index (Phi) is 45.7. The first-order valence-corrected chi connectivity index (χ1v) is 2.84. The molecule has 56 valence electrons. The molecule has 0 rings (SSSR count). The van der Waals surface area contributed by atoms with Gasteiger partial charge in [0.1, 0.15) is 0 Å². The normalized spacial score (nSPS) is 5.56. The van der Waals surface area contributed by atoms with Crippen molar-refractivity contribution in [3.8, 4) is 6.07 Å². The molecule has 0 aliphatic rings. The van der Waals surface area contributed by atoms with Gasteiger partial charge in [-0.3, -0.25) is 0 Å². The van der Waals surface area contributed by atoms with Gasteiger partial charge < -0.3 is 5.32 Å². The molecule has 2 heteroatoms. The quantitative estimate of drug-likeness (QED) is 0.587. The number of nitrogens with one attached hydrogen (secondary N) is 1. The van der Waals surface area contributed by atoms with E-state index < -0.39 is 0 Å². The van der Waals surface area contributed by atoms with Gasteiger partial charge in [0.2, 0.25) is 0 Å². The Morgan fingerprint density at radius 2 is 1.67 bits per heavy atom. The Morgan fingerprint density at radius 3 is 1.67 bits per heavy atom. The molecule has 0 amide bonds. The lowest BCUT2D eigenvalue weighted by Gasteiger charge is -1.76. The van der Waals surface area contributed by atoms with E-state index in [1.54, 1.807) is 0 Å². The van der Waals surface area contributed by atoms with E-state index in [0.717, 1.165) is 6.54 Å². The molecule has 0 fully saturated rings. The summed E-state index contributed by atoms with van der Waals surface area (Å²) in [4.78, 5) is 0. The average Bonchev–Trinajstić information content (AvgIpc) is 1.88. The van der Waals surface area contributed by atoms with Crippen LogP contribution in [0.3, 0.4) is 0 Å². The van der Waals surface area contributed by atoms with E-state index in [2.05, 4.69) is 12.2 Å². The number of rotatable bonds is 1. The number of hydrogen-bond acceptors (Lipinski definition) is 2. The smallest absolute Gasteiger partial charge is 0.0618 e. The van der Waals surface area contributed by atoms with Gasteiger partial charge in [0.05, 0.1) is 6.07 Å². The largest absolute Gasteiger partial charge is 0.320 e. The van der Waals surface area contributed by atoms with Crippen LogP contribution in [-0.2, 0) is 0 Å². The summed E-state index contributed by atoms with van der Waals surface area (Å²) in [7, 11) is 1.93. The van der Waals surface area contributed by atoms with Crippen molar-refractivity contribution in [2.75, 3.05) is 13.6 Å². The fourth-order valence-electron chi connectivity index (χ4n) is 0. The second-order valence-electron chi connectivity index (χ2n) is 1.22. The second kappa shape index (κ2) is 26.0. The number of hydrogen-bond donors (Lipinski definition) is 1. The summed E-state index contributed by atoms with van der Waals surface area (Å²) in [5.74, 6) is 0. The summed E-state index contributed by atoms with van der Waals surface area (Å²) >= 11 is 0. The molecule has 0 saturated carbocycles. The van der Waals surface area contributed by atoms with Gasteiger partial charge >= 0.3 is 0 Å². The molecule has 2 nitrogen and oxygen atoms in total. The molecule has 0 aliphatic carbocycles. The van der Waals surface area contributed by atoms with Crippen LogP contribution in [0.15, 0.2) is 0 Å². The Morgan fingerprint density at radius 1 is 1.44 bits per heavy atom. The summed E-state index contributed by atoms with van der Waals surface area (Å²) in [5, 5.41) is 10.6. The molecule has 0 aromatic rings. The maximum Gasteiger partial charge on any atom is 0.0618 e. The molecule has 0 bridgehead atoms. The van der Waals surface area contributed by atoms with Gasteiger partial charge in [-0.25, -0.2) is 0 Å². The van der Waals surface area contributed by atoms with Crippen LogP contribution >= 0.6 is 0 Å². The van der Waals surface area contributed by atoms with Crippen LogP contribution < -0.4 is 5.32 Å². The topological polar surface area (TPSA) is 35.8 Å². The predicted molar refractivity (Wildman–Crippen MR) is 42.2 cm³/mol. The Labute approximate surface area is 58.9 Å². The van der Waals surface area contributed by atoms with Crippen LogP contribution in [0, 0.1) is 11.3 Å². The fraction of sp³-hybridized carbons (Fsp3) is 0.857. The van der Waals surface area contributed by atoms with Crippen molar-refractivity contribution in [3.63, 3.8) is 0 Å². The van der Waals surface area contributed by atoms with E-state index in [-0.39, 0.29) is 7.43 Å². The van der Waals surface area contributed by atoms with Gasteiger partial charge in [-0.1, -0.05) is 21.3 Å². The van der Waals surface area contributed by atoms with Crippen molar-refractivity contribution in [2.45, 2.75) is 27.7 Å². The molecule has 0 spiro atoms. The first-order valence-electron chi connectivity index (χ1n) is 2.84. The third kappa shape index (κ3) is 105. The Hall–Kier alpha value is -0.550. The zero-order valence-electron chi connectivity index (χ0n) is 5.86. The van der Waals surface area contributed by atoms with Crippen molar-refractivity contribution >= 4 is 0 Å². The summed E-state index contributed by atoms with van der Waals surface area (Å²) in [6.45, 7) is 4.96. The highest BCUT2D eigenvalue weighted by Gasteiger charge is 1.50. The van der Waals surface area contributed by atoms with Crippen molar-refractivity contribution in [1.82, 2.24) is 5.32 Å². The lowest BCUT2D eigenvalue weighted by atomic mass is 10.6. The molecule has 0 saturated heterocycles. The summed E-state index contributed by atoms with van der Waals surface area (Å²) in [5.41, 5.74) is 0. The summed E-state index contributed by atoms with van der Waals surface area (Å²) < 4.78 is 0. The molecule has 0 heterocycles. The molecule has 0 aromatic carbocycles. The predicted octanol–water partition coefficient (Wildman–Crippen LogP) is 1.78. The lowest BCUT2D eigenvalue weighted by Crippen LogP contribution is -2.01. The molecule has 0 radical (unpaired) electrons. The SMILES string of the molecule is C.CCC#N.CCNC. The second-order valence-corrected chi connectivity index (χ2v) is 1.22. The van der Waals surface area contributed by atoms with E-state index >= 15 is 0 Å². The number of nitrogens with zero attached hydrogens (tertiary/aromatic N) is 1. The maximum atomic E-state index is 7.62. The molecule has 0 aliphatic heterocycles. The van der Waals surface area contributed by atoms with Crippen LogP contribution in [0.25, 0.3) is 0 Å². The van der Waals surface area contributed by atoms with Crippen molar-refractivity contribution < 1.29 is 0 Å². The van der Waals surface area contributed by atoms with Gasteiger partial charge in [0.15, 0.2) is 0 Å². The van der Waals surface area contributed by atoms with E-state index in [0.29, 0.717) is 6.42 Å². The van der Waals surface area contributed by atoms with Crippen LogP contribution in [0.2, 0.25) is 0 Å². The van der Waals surface area contributed by atoms with Crippen LogP contribution in [0.1, 0.15) is 27.7 Å². The standard InChI is InChI=1S/C3H9N.C3H5N.CH4/c1-3-4-2;1-2-3-4;/h4H,3H2,1-2H3;2H2,1H3;1H4. The van der Waals surface area contributed by atoms with E-state index in [1.165, 1.54) is 0 Å². The van der Waals surface area contributed by atoms with E-state index in [1.807, 2.05) is 20.0 Å². The minimum atomic E-state index is 0. The number of nitriles is 1. The minimum Gasteiger partial charge on any atom is -0.320 e. The molecule has 0 aromatic heterocycles. The maximum absolute atomic E-state index is 7.62. The molecular weight excluding hydrogens is 112 g/mol. The molecular formula is C7H18N2. The zero-order valence-corrected chi connectivity index (χ0v) is 5.86.